The Labute approximate surface area is 166 Å². The van der Waals surface area contributed by atoms with Crippen LogP contribution in [0.4, 0.5) is 0 Å². The fourth-order valence-electron chi connectivity index (χ4n) is 1.77. The number of hydrogen-bond acceptors (Lipinski definition) is 3. The molecule has 1 N–H and O–H groups in total. The Morgan fingerprint density at radius 2 is 1.88 bits per heavy atom. The molecule has 0 aliphatic heterocycles. The summed E-state index contributed by atoms with van der Waals surface area (Å²) < 4.78 is 7.34. The highest BCUT2D eigenvalue weighted by Crippen LogP contribution is 2.35. The van der Waals surface area contributed by atoms with Crippen molar-refractivity contribution in [2.75, 3.05) is 0 Å². The summed E-state index contributed by atoms with van der Waals surface area (Å²) in [5, 5.41) is 4.82. The van der Waals surface area contributed by atoms with E-state index in [4.69, 9.17) is 27.9 Å². The topological polar surface area (TPSA) is 50.7 Å². The van der Waals surface area contributed by atoms with Gasteiger partial charge in [0, 0.05) is 6.92 Å². The van der Waals surface area contributed by atoms with Gasteiger partial charge in [-0.05, 0) is 67.3 Å². The van der Waals surface area contributed by atoms with Gasteiger partial charge in [0.05, 0.1) is 25.2 Å². The van der Waals surface area contributed by atoms with E-state index in [1.165, 1.54) is 6.92 Å². The third kappa shape index (κ3) is 5.48. The van der Waals surface area contributed by atoms with E-state index >= 15 is 0 Å². The zero-order valence-corrected chi connectivity index (χ0v) is 17.1. The number of carbonyl (C=O) groups is 1. The molecule has 0 heterocycles. The van der Waals surface area contributed by atoms with Crippen molar-refractivity contribution in [1.82, 2.24) is 5.43 Å². The maximum Gasteiger partial charge on any atom is 0.236 e. The van der Waals surface area contributed by atoms with E-state index in [0.29, 0.717) is 22.4 Å². The second kappa shape index (κ2) is 8.85. The molecule has 0 aliphatic rings. The summed E-state index contributed by atoms with van der Waals surface area (Å²) in [6.45, 7) is 1.73. The predicted molar refractivity (Wildman–Crippen MR) is 104 cm³/mol. The smallest absolute Gasteiger partial charge is 0.236 e. The molecule has 0 radical (unpaired) electrons. The molecule has 8 heteroatoms. The summed E-state index contributed by atoms with van der Waals surface area (Å²) in [6, 6.07) is 9.01. The van der Waals surface area contributed by atoms with Crippen LogP contribution in [0.5, 0.6) is 5.75 Å². The summed E-state index contributed by atoms with van der Waals surface area (Å²) in [5.74, 6) is 0.420. The van der Waals surface area contributed by atoms with Crippen LogP contribution in [-0.2, 0) is 11.4 Å². The minimum Gasteiger partial charge on any atom is -0.487 e. The summed E-state index contributed by atoms with van der Waals surface area (Å²) in [4.78, 5) is 10.8. The van der Waals surface area contributed by atoms with Crippen molar-refractivity contribution in [1.29, 1.82) is 0 Å². The minimum atomic E-state index is -0.231. The Balaban J connectivity index is 2.11. The largest absolute Gasteiger partial charge is 0.487 e. The van der Waals surface area contributed by atoms with Gasteiger partial charge in [0.15, 0.2) is 0 Å². The van der Waals surface area contributed by atoms with Crippen LogP contribution in [0.1, 0.15) is 18.1 Å². The van der Waals surface area contributed by atoms with Crippen LogP contribution in [-0.4, -0.2) is 12.1 Å². The van der Waals surface area contributed by atoms with E-state index in [1.54, 1.807) is 18.3 Å². The van der Waals surface area contributed by atoms with Gasteiger partial charge in [-0.1, -0.05) is 29.3 Å². The molecule has 0 spiro atoms. The van der Waals surface area contributed by atoms with E-state index in [0.717, 1.165) is 20.1 Å². The highest BCUT2D eigenvalue weighted by atomic mass is 79.9. The summed E-state index contributed by atoms with van der Waals surface area (Å²) >= 11 is 18.8. The van der Waals surface area contributed by atoms with Crippen molar-refractivity contribution in [2.45, 2.75) is 13.5 Å². The normalized spacial score (nSPS) is 10.9. The van der Waals surface area contributed by atoms with Gasteiger partial charge >= 0.3 is 0 Å². The molecule has 0 saturated heterocycles. The second-order valence-corrected chi connectivity index (χ2v) is 7.30. The minimum absolute atomic E-state index is 0.231. The fraction of sp³-hybridized carbons (Fsp3) is 0.125. The highest BCUT2D eigenvalue weighted by Gasteiger charge is 2.09. The number of hydrazone groups is 1. The Bertz CT molecular complexity index is 775. The molecular weight excluding hydrogens is 483 g/mol. The molecule has 0 unspecified atom stereocenters. The average molecular weight is 495 g/mol. The first-order valence-electron chi connectivity index (χ1n) is 6.72. The maximum absolute atomic E-state index is 10.8. The van der Waals surface area contributed by atoms with Gasteiger partial charge in [-0.15, -0.1) is 0 Å². The van der Waals surface area contributed by atoms with Crippen LogP contribution in [0, 0.1) is 0 Å². The average Bonchev–Trinajstić information content (AvgIpc) is 2.49. The van der Waals surface area contributed by atoms with E-state index < -0.39 is 0 Å². The first kappa shape index (κ1) is 19.2. The Morgan fingerprint density at radius 3 is 2.46 bits per heavy atom. The van der Waals surface area contributed by atoms with Gasteiger partial charge in [0.2, 0.25) is 5.91 Å². The Kier molecular flexibility index (Phi) is 7.10. The van der Waals surface area contributed by atoms with Gasteiger partial charge in [-0.3, -0.25) is 4.79 Å². The third-order valence-electron chi connectivity index (χ3n) is 2.82. The molecule has 1 amide bonds. The predicted octanol–water partition coefficient (Wildman–Crippen LogP) is 5.57. The molecule has 2 rings (SSSR count). The summed E-state index contributed by atoms with van der Waals surface area (Å²) in [5.41, 5.74) is 4.05. The van der Waals surface area contributed by atoms with Crippen LogP contribution in [0.3, 0.4) is 0 Å². The SMILES string of the molecule is CC(=O)N/N=C\c1cc(Br)c(OCc2ccc(Cl)c(Cl)c2)c(Br)c1. The van der Waals surface area contributed by atoms with Crippen molar-refractivity contribution in [3.63, 3.8) is 0 Å². The van der Waals surface area contributed by atoms with Gasteiger partial charge in [-0.25, -0.2) is 5.43 Å². The number of benzene rings is 2. The second-order valence-electron chi connectivity index (χ2n) is 4.78. The van der Waals surface area contributed by atoms with Gasteiger partial charge in [0.1, 0.15) is 12.4 Å². The van der Waals surface area contributed by atoms with E-state index in [2.05, 4.69) is 42.4 Å². The number of ether oxygens (including phenoxy) is 1. The molecule has 0 aromatic heterocycles. The van der Waals surface area contributed by atoms with Crippen LogP contribution in [0.25, 0.3) is 0 Å². The molecular formula is C16H12Br2Cl2N2O2. The lowest BCUT2D eigenvalue weighted by Crippen LogP contribution is -2.12. The first-order chi connectivity index (χ1) is 11.4. The van der Waals surface area contributed by atoms with Crippen LogP contribution in [0.15, 0.2) is 44.4 Å². The Hall–Kier alpha value is -1.08. The monoisotopic (exact) mass is 492 g/mol. The Morgan fingerprint density at radius 1 is 1.21 bits per heavy atom. The number of nitrogens with one attached hydrogen (secondary N) is 1. The molecule has 0 fully saturated rings. The number of nitrogens with zero attached hydrogens (tertiary/aromatic N) is 1. The number of halogens is 4. The molecule has 24 heavy (non-hydrogen) atoms. The quantitative estimate of drug-likeness (QED) is 0.436. The molecule has 0 saturated carbocycles. The maximum atomic E-state index is 10.8. The number of hydrogen-bond donors (Lipinski definition) is 1. The van der Waals surface area contributed by atoms with Crippen molar-refractivity contribution in [3.05, 3.63) is 60.4 Å². The van der Waals surface area contributed by atoms with Gasteiger partial charge in [-0.2, -0.15) is 5.10 Å². The van der Waals surface area contributed by atoms with Gasteiger partial charge in [0.25, 0.3) is 0 Å². The van der Waals surface area contributed by atoms with Crippen molar-refractivity contribution in [3.8, 4) is 5.75 Å². The molecule has 2 aromatic rings. The number of rotatable bonds is 5. The molecule has 0 bridgehead atoms. The molecule has 0 aliphatic carbocycles. The van der Waals surface area contributed by atoms with Crippen molar-refractivity contribution < 1.29 is 9.53 Å². The third-order valence-corrected chi connectivity index (χ3v) is 4.74. The zero-order valence-electron chi connectivity index (χ0n) is 12.4. The lowest BCUT2D eigenvalue weighted by molar-refractivity contribution is -0.118. The molecule has 126 valence electrons. The first-order valence-corrected chi connectivity index (χ1v) is 9.06. The number of carbonyl (C=O) groups excluding carboxylic acids is 1. The van der Waals surface area contributed by atoms with Crippen molar-refractivity contribution >= 4 is 67.2 Å². The summed E-state index contributed by atoms with van der Waals surface area (Å²) in [6.07, 6.45) is 1.54. The van der Waals surface area contributed by atoms with Crippen LogP contribution < -0.4 is 10.2 Å². The molecule has 2 aromatic carbocycles. The van der Waals surface area contributed by atoms with Gasteiger partial charge < -0.3 is 4.74 Å². The van der Waals surface area contributed by atoms with Crippen LogP contribution >= 0.6 is 55.1 Å². The molecule has 4 nitrogen and oxygen atoms in total. The highest BCUT2D eigenvalue weighted by molar-refractivity contribution is 9.11. The van der Waals surface area contributed by atoms with Crippen molar-refractivity contribution in [2.24, 2.45) is 5.10 Å². The van der Waals surface area contributed by atoms with E-state index in [-0.39, 0.29) is 5.91 Å². The standard InChI is InChI=1S/C16H12Br2Cl2N2O2/c1-9(23)22-21-7-11-4-12(17)16(13(18)5-11)24-8-10-2-3-14(19)15(20)6-10/h2-7H,8H2,1H3,(H,22,23)/b21-7-. The van der Waals surface area contributed by atoms with E-state index in [9.17, 15) is 4.79 Å². The number of amides is 1. The lowest BCUT2D eigenvalue weighted by Gasteiger charge is -2.12. The summed E-state index contributed by atoms with van der Waals surface area (Å²) in [7, 11) is 0. The lowest BCUT2D eigenvalue weighted by atomic mass is 10.2. The molecule has 0 atom stereocenters. The fourth-order valence-corrected chi connectivity index (χ4v) is 3.55. The zero-order chi connectivity index (χ0) is 17.7. The van der Waals surface area contributed by atoms with E-state index in [1.807, 2.05) is 18.2 Å². The van der Waals surface area contributed by atoms with Crippen LogP contribution in [0.2, 0.25) is 10.0 Å².